The van der Waals surface area contributed by atoms with Crippen LogP contribution < -0.4 is 25.4 Å². The summed E-state index contributed by atoms with van der Waals surface area (Å²) in [7, 11) is 1.39. The van der Waals surface area contributed by atoms with E-state index in [1.54, 1.807) is 12.1 Å². The summed E-state index contributed by atoms with van der Waals surface area (Å²) in [4.78, 5) is 23.1. The Morgan fingerprint density at radius 3 is 2.33 bits per heavy atom. The van der Waals surface area contributed by atoms with Crippen molar-refractivity contribution < 1.29 is 19.2 Å². The number of alkyl halides is 3. The Morgan fingerprint density at radius 2 is 1.79 bits per heavy atom. The van der Waals surface area contributed by atoms with Crippen LogP contribution in [0.15, 0.2) is 42.5 Å². The Morgan fingerprint density at radius 1 is 1.15 bits per heavy atom. The molecule has 0 spiro atoms. The maximum Gasteiger partial charge on any atom is 0.296 e. The highest BCUT2D eigenvalue weighted by molar-refractivity contribution is 7.80. The molecule has 0 bridgehead atoms. The number of benzene rings is 2. The first-order valence-corrected chi connectivity index (χ1v) is 11.1. The summed E-state index contributed by atoms with van der Waals surface area (Å²) in [5, 5.41) is 19.0. The van der Waals surface area contributed by atoms with Gasteiger partial charge < -0.3 is 25.4 Å². The van der Waals surface area contributed by atoms with Crippen molar-refractivity contribution in [2.45, 2.75) is 23.3 Å². The van der Waals surface area contributed by atoms with Crippen molar-refractivity contribution in [1.82, 2.24) is 10.6 Å². The summed E-state index contributed by atoms with van der Waals surface area (Å²) in [6, 6.07) is 11.4. The molecular formula is C20H21Cl3N4O5S. The van der Waals surface area contributed by atoms with Gasteiger partial charge in [0.25, 0.3) is 11.6 Å². The van der Waals surface area contributed by atoms with Crippen LogP contribution in [0.4, 0.5) is 11.4 Å². The van der Waals surface area contributed by atoms with Gasteiger partial charge in [-0.05, 0) is 48.5 Å². The number of methoxy groups -OCH3 is 1. The van der Waals surface area contributed by atoms with E-state index in [2.05, 4.69) is 16.0 Å². The Bertz CT molecular complexity index is 1000. The smallest absolute Gasteiger partial charge is 0.296 e. The minimum absolute atomic E-state index is 0.0755. The lowest BCUT2D eigenvalue weighted by Crippen LogP contribution is -2.57. The third-order valence-electron chi connectivity index (χ3n) is 4.26. The molecule has 0 aliphatic rings. The number of nitro benzene ring substituents is 1. The summed E-state index contributed by atoms with van der Waals surface area (Å²) >= 11 is 23.1. The number of hydrogen-bond acceptors (Lipinski definition) is 6. The van der Waals surface area contributed by atoms with Crippen LogP contribution in [0, 0.1) is 10.1 Å². The molecule has 1 unspecified atom stereocenters. The normalized spacial score (nSPS) is 11.8. The second-order valence-electron chi connectivity index (χ2n) is 6.57. The Balaban J connectivity index is 2.01. The quantitative estimate of drug-likeness (QED) is 0.143. The highest BCUT2D eigenvalue weighted by Crippen LogP contribution is 2.31. The minimum Gasteiger partial charge on any atom is -0.496 e. The van der Waals surface area contributed by atoms with E-state index in [1.165, 1.54) is 25.3 Å². The summed E-state index contributed by atoms with van der Waals surface area (Å²) < 4.78 is 8.43. The number of nitro groups is 1. The SMILES string of the molecule is CCc1ccc(OCC(=O)NC(NC(=S)Nc2ccc(OC)cc2[N+](=O)[O-])C(Cl)(Cl)Cl)cc1. The van der Waals surface area contributed by atoms with Gasteiger partial charge in [-0.2, -0.15) is 0 Å². The van der Waals surface area contributed by atoms with E-state index in [-0.39, 0.29) is 23.1 Å². The number of rotatable bonds is 9. The monoisotopic (exact) mass is 534 g/mol. The lowest BCUT2D eigenvalue weighted by Gasteiger charge is -2.27. The zero-order valence-electron chi connectivity index (χ0n) is 17.6. The lowest BCUT2D eigenvalue weighted by molar-refractivity contribution is -0.384. The van der Waals surface area contributed by atoms with Crippen molar-refractivity contribution >= 4 is 69.4 Å². The van der Waals surface area contributed by atoms with E-state index in [0.717, 1.165) is 12.0 Å². The zero-order valence-corrected chi connectivity index (χ0v) is 20.6. The van der Waals surface area contributed by atoms with Gasteiger partial charge in [-0.15, -0.1) is 0 Å². The molecule has 13 heteroatoms. The van der Waals surface area contributed by atoms with Gasteiger partial charge in [0.05, 0.1) is 18.1 Å². The molecule has 1 amide bonds. The molecule has 2 aromatic rings. The van der Waals surface area contributed by atoms with Crippen LogP contribution in [-0.4, -0.2) is 39.6 Å². The van der Waals surface area contributed by atoms with Crippen molar-refractivity contribution in [3.63, 3.8) is 0 Å². The van der Waals surface area contributed by atoms with E-state index in [9.17, 15) is 14.9 Å². The average molecular weight is 536 g/mol. The van der Waals surface area contributed by atoms with Crippen molar-refractivity contribution in [2.75, 3.05) is 19.0 Å². The number of carbonyl (C=O) groups is 1. The molecule has 0 aliphatic heterocycles. The van der Waals surface area contributed by atoms with Crippen molar-refractivity contribution in [3.8, 4) is 11.5 Å². The minimum atomic E-state index is -2.00. The molecule has 0 saturated heterocycles. The molecule has 33 heavy (non-hydrogen) atoms. The number of halogens is 3. The van der Waals surface area contributed by atoms with Crippen LogP contribution in [0.5, 0.6) is 11.5 Å². The van der Waals surface area contributed by atoms with Crippen molar-refractivity contribution in [3.05, 3.63) is 58.1 Å². The van der Waals surface area contributed by atoms with Gasteiger partial charge >= 0.3 is 0 Å². The first-order chi connectivity index (χ1) is 15.5. The molecular weight excluding hydrogens is 515 g/mol. The van der Waals surface area contributed by atoms with Crippen LogP contribution >= 0.6 is 47.0 Å². The van der Waals surface area contributed by atoms with Gasteiger partial charge in [0.15, 0.2) is 11.7 Å². The number of ether oxygens (including phenoxy) is 2. The standard InChI is InChI=1S/C20H21Cl3N4O5S/c1-3-12-4-6-13(7-5-12)32-11-17(28)25-18(20(21,22)23)26-19(33)24-15-9-8-14(31-2)10-16(15)27(29)30/h4-10,18H,3,11H2,1-2H3,(H,25,28)(H2,24,26,33). The van der Waals surface area contributed by atoms with E-state index in [4.69, 9.17) is 56.5 Å². The van der Waals surface area contributed by atoms with Crippen LogP contribution in [0.2, 0.25) is 0 Å². The molecule has 3 N–H and O–H groups in total. The van der Waals surface area contributed by atoms with E-state index in [1.807, 2.05) is 19.1 Å². The number of nitrogens with one attached hydrogen (secondary N) is 3. The third kappa shape index (κ3) is 8.39. The number of aryl methyl sites for hydroxylation is 1. The Kier molecular flexibility index (Phi) is 9.78. The third-order valence-corrected chi connectivity index (χ3v) is 5.13. The molecule has 0 fully saturated rings. The number of thiocarbonyl (C=S) groups is 1. The van der Waals surface area contributed by atoms with E-state index in [0.29, 0.717) is 11.5 Å². The average Bonchev–Trinajstić information content (AvgIpc) is 2.77. The van der Waals surface area contributed by atoms with Crippen LogP contribution in [0.25, 0.3) is 0 Å². The zero-order chi connectivity index (χ0) is 24.6. The van der Waals surface area contributed by atoms with Crippen molar-refractivity contribution in [1.29, 1.82) is 0 Å². The van der Waals surface area contributed by atoms with Gasteiger partial charge in [0.2, 0.25) is 3.79 Å². The molecule has 1 atom stereocenters. The molecule has 2 aromatic carbocycles. The maximum absolute atomic E-state index is 12.3. The summed E-state index contributed by atoms with van der Waals surface area (Å²) in [6.45, 7) is 1.69. The van der Waals surface area contributed by atoms with E-state index >= 15 is 0 Å². The van der Waals surface area contributed by atoms with Crippen LogP contribution in [0.1, 0.15) is 12.5 Å². The highest BCUT2D eigenvalue weighted by atomic mass is 35.6. The second-order valence-corrected chi connectivity index (χ2v) is 9.34. The highest BCUT2D eigenvalue weighted by Gasteiger charge is 2.35. The summed E-state index contributed by atoms with van der Waals surface area (Å²) in [5.41, 5.74) is 0.924. The molecule has 2 rings (SSSR count). The molecule has 0 radical (unpaired) electrons. The van der Waals surface area contributed by atoms with Gasteiger partial charge in [0, 0.05) is 0 Å². The number of anilines is 1. The molecule has 0 aliphatic carbocycles. The summed E-state index contributed by atoms with van der Waals surface area (Å²) in [5.74, 6) is 0.211. The topological polar surface area (TPSA) is 115 Å². The fourth-order valence-electron chi connectivity index (χ4n) is 2.56. The Hall–Kier alpha value is -2.53. The predicted octanol–water partition coefficient (Wildman–Crippen LogP) is 4.34. The molecule has 178 valence electrons. The Labute approximate surface area is 210 Å². The van der Waals surface area contributed by atoms with Crippen LogP contribution in [0.3, 0.4) is 0 Å². The maximum atomic E-state index is 12.3. The fourth-order valence-corrected chi connectivity index (χ4v) is 3.11. The first-order valence-electron chi connectivity index (χ1n) is 9.51. The van der Waals surface area contributed by atoms with Crippen molar-refractivity contribution in [2.24, 2.45) is 0 Å². The molecule has 0 aromatic heterocycles. The van der Waals surface area contributed by atoms with Gasteiger partial charge in [-0.3, -0.25) is 14.9 Å². The number of amides is 1. The van der Waals surface area contributed by atoms with Gasteiger partial charge in [0.1, 0.15) is 23.4 Å². The van der Waals surface area contributed by atoms with Gasteiger partial charge in [-0.1, -0.05) is 53.9 Å². The van der Waals surface area contributed by atoms with Crippen LogP contribution in [-0.2, 0) is 11.2 Å². The summed E-state index contributed by atoms with van der Waals surface area (Å²) in [6.07, 6.45) is -0.385. The first kappa shape index (κ1) is 26.7. The van der Waals surface area contributed by atoms with E-state index < -0.39 is 20.8 Å². The molecule has 0 heterocycles. The lowest BCUT2D eigenvalue weighted by atomic mass is 10.2. The molecule has 0 saturated carbocycles. The second kappa shape index (κ2) is 12.1. The fraction of sp³-hybridized carbons (Fsp3) is 0.300. The number of hydrogen-bond donors (Lipinski definition) is 3. The largest absolute Gasteiger partial charge is 0.496 e. The number of nitrogens with zero attached hydrogens (tertiary/aromatic N) is 1. The van der Waals surface area contributed by atoms with Gasteiger partial charge in [-0.25, -0.2) is 0 Å². The number of carbonyl (C=O) groups excluding carboxylic acids is 1. The predicted molar refractivity (Wildman–Crippen MR) is 133 cm³/mol. The molecule has 9 nitrogen and oxygen atoms in total.